The minimum atomic E-state index is -0.869. The third kappa shape index (κ3) is 2.31. The maximum Gasteiger partial charge on any atom is 0.130 e. The third-order valence-corrected chi connectivity index (χ3v) is 3.36. The first-order valence-corrected chi connectivity index (χ1v) is 5.77. The van der Waals surface area contributed by atoms with E-state index in [9.17, 15) is 4.39 Å². The van der Waals surface area contributed by atoms with E-state index >= 15 is 0 Å². The van der Waals surface area contributed by atoms with Crippen LogP contribution in [0.5, 0.6) is 0 Å². The fourth-order valence-electron chi connectivity index (χ4n) is 2.44. The molecule has 1 aliphatic carbocycles. The molecule has 1 atom stereocenters. The number of nitrogens with two attached hydrogens (primary N) is 1. The lowest BCUT2D eigenvalue weighted by Crippen LogP contribution is -2.14. The van der Waals surface area contributed by atoms with Crippen molar-refractivity contribution in [1.82, 2.24) is 0 Å². The molecule has 2 N–H and O–H groups in total. The Balaban J connectivity index is 2.12. The Morgan fingerprint density at radius 3 is 2.47 bits per heavy atom. The average molecular weight is 207 g/mol. The average Bonchev–Trinajstić information content (AvgIpc) is 2.30. The van der Waals surface area contributed by atoms with E-state index in [4.69, 9.17) is 5.73 Å². The van der Waals surface area contributed by atoms with Crippen molar-refractivity contribution < 1.29 is 4.39 Å². The highest BCUT2D eigenvalue weighted by atomic mass is 19.1. The van der Waals surface area contributed by atoms with Crippen LogP contribution in [0.2, 0.25) is 0 Å². The molecule has 0 amide bonds. The number of para-hydroxylation sites is 1. The van der Waals surface area contributed by atoms with Crippen LogP contribution in [0, 0.1) is 5.92 Å². The summed E-state index contributed by atoms with van der Waals surface area (Å²) < 4.78 is 14.2. The molecule has 0 bridgehead atoms. The molecule has 2 rings (SSSR count). The summed E-state index contributed by atoms with van der Waals surface area (Å²) in [4.78, 5) is 0. The largest absolute Gasteiger partial charge is 0.398 e. The van der Waals surface area contributed by atoms with Gasteiger partial charge in [0.15, 0.2) is 0 Å². The second-order valence-corrected chi connectivity index (χ2v) is 4.43. The Hall–Kier alpha value is -1.05. The third-order valence-electron chi connectivity index (χ3n) is 3.36. The van der Waals surface area contributed by atoms with Gasteiger partial charge in [0.2, 0.25) is 0 Å². The lowest BCUT2D eigenvalue weighted by molar-refractivity contribution is 0.184. The van der Waals surface area contributed by atoms with Crippen molar-refractivity contribution in [1.29, 1.82) is 0 Å². The first-order chi connectivity index (χ1) is 7.29. The van der Waals surface area contributed by atoms with Crippen LogP contribution in [0.4, 0.5) is 10.1 Å². The number of alkyl halides is 1. The number of hydrogen-bond acceptors (Lipinski definition) is 1. The molecule has 0 spiro atoms. The molecule has 1 aromatic carbocycles. The number of rotatable bonds is 2. The molecule has 1 unspecified atom stereocenters. The van der Waals surface area contributed by atoms with Crippen molar-refractivity contribution >= 4 is 5.69 Å². The number of nitrogen functional groups attached to an aromatic ring is 1. The normalized spacial score (nSPS) is 20.1. The Morgan fingerprint density at radius 2 is 1.80 bits per heavy atom. The van der Waals surface area contributed by atoms with Crippen LogP contribution in [0.25, 0.3) is 0 Å². The summed E-state index contributed by atoms with van der Waals surface area (Å²) in [6.07, 6.45) is 4.74. The fourth-order valence-corrected chi connectivity index (χ4v) is 2.44. The van der Waals surface area contributed by atoms with Crippen molar-refractivity contribution in [2.75, 3.05) is 5.73 Å². The summed E-state index contributed by atoms with van der Waals surface area (Å²) in [5.41, 5.74) is 7.07. The molecule has 82 valence electrons. The predicted octanol–water partition coefficient (Wildman–Crippen LogP) is 3.86. The van der Waals surface area contributed by atoms with E-state index in [1.54, 1.807) is 6.07 Å². The van der Waals surface area contributed by atoms with E-state index in [0.29, 0.717) is 11.3 Å². The standard InChI is InChI=1S/C13H18FN/c14-13(10-6-2-1-3-7-10)11-8-4-5-9-12(11)15/h4-5,8-10,13H,1-3,6-7,15H2. The highest BCUT2D eigenvalue weighted by molar-refractivity contribution is 5.47. The van der Waals surface area contributed by atoms with E-state index in [1.807, 2.05) is 18.2 Å². The van der Waals surface area contributed by atoms with Gasteiger partial charge in [-0.15, -0.1) is 0 Å². The van der Waals surface area contributed by atoms with Crippen LogP contribution in [0.15, 0.2) is 24.3 Å². The van der Waals surface area contributed by atoms with Gasteiger partial charge < -0.3 is 5.73 Å². The molecular formula is C13H18FN. The minimum Gasteiger partial charge on any atom is -0.398 e. The molecule has 0 heterocycles. The summed E-state index contributed by atoms with van der Waals surface area (Å²) in [5, 5.41) is 0. The van der Waals surface area contributed by atoms with Crippen LogP contribution in [-0.2, 0) is 0 Å². The zero-order chi connectivity index (χ0) is 10.7. The number of halogens is 1. The first-order valence-electron chi connectivity index (χ1n) is 5.77. The van der Waals surface area contributed by atoms with E-state index in [1.165, 1.54) is 6.42 Å². The minimum absolute atomic E-state index is 0.184. The van der Waals surface area contributed by atoms with Gasteiger partial charge in [0.25, 0.3) is 0 Å². The lowest BCUT2D eigenvalue weighted by atomic mass is 9.83. The maximum absolute atomic E-state index is 14.2. The SMILES string of the molecule is Nc1ccccc1C(F)C1CCCCC1. The molecular weight excluding hydrogens is 189 g/mol. The van der Waals surface area contributed by atoms with Crippen molar-refractivity contribution in [2.45, 2.75) is 38.3 Å². The Morgan fingerprint density at radius 1 is 1.13 bits per heavy atom. The van der Waals surface area contributed by atoms with Crippen LogP contribution < -0.4 is 5.73 Å². The Kier molecular flexibility index (Phi) is 3.24. The van der Waals surface area contributed by atoms with E-state index < -0.39 is 6.17 Å². The van der Waals surface area contributed by atoms with E-state index in [-0.39, 0.29) is 5.92 Å². The van der Waals surface area contributed by atoms with Gasteiger partial charge in [-0.25, -0.2) is 4.39 Å². The summed E-state index contributed by atoms with van der Waals surface area (Å²) in [6, 6.07) is 7.31. The van der Waals surface area contributed by atoms with Gasteiger partial charge in [0.05, 0.1) is 0 Å². The maximum atomic E-state index is 14.2. The quantitative estimate of drug-likeness (QED) is 0.732. The van der Waals surface area contributed by atoms with Crippen LogP contribution in [-0.4, -0.2) is 0 Å². The van der Waals surface area contributed by atoms with Crippen molar-refractivity contribution in [3.05, 3.63) is 29.8 Å². The molecule has 1 nitrogen and oxygen atoms in total. The molecule has 0 saturated heterocycles. The van der Waals surface area contributed by atoms with E-state index in [2.05, 4.69) is 0 Å². The van der Waals surface area contributed by atoms with Gasteiger partial charge >= 0.3 is 0 Å². The summed E-state index contributed by atoms with van der Waals surface area (Å²) in [6.45, 7) is 0. The summed E-state index contributed by atoms with van der Waals surface area (Å²) in [7, 11) is 0. The van der Waals surface area contributed by atoms with Gasteiger partial charge in [0, 0.05) is 11.3 Å². The molecule has 1 aromatic rings. The fraction of sp³-hybridized carbons (Fsp3) is 0.538. The van der Waals surface area contributed by atoms with Crippen LogP contribution in [0.1, 0.15) is 43.8 Å². The lowest BCUT2D eigenvalue weighted by Gasteiger charge is -2.25. The predicted molar refractivity (Wildman–Crippen MR) is 61.3 cm³/mol. The first kappa shape index (κ1) is 10.5. The molecule has 1 fully saturated rings. The van der Waals surface area contributed by atoms with Gasteiger partial charge in [-0.1, -0.05) is 37.5 Å². The Bertz CT molecular complexity index is 318. The van der Waals surface area contributed by atoms with Crippen molar-refractivity contribution in [3.63, 3.8) is 0 Å². The molecule has 0 radical (unpaired) electrons. The molecule has 0 aliphatic heterocycles. The van der Waals surface area contributed by atoms with Crippen LogP contribution >= 0.6 is 0 Å². The van der Waals surface area contributed by atoms with Gasteiger partial charge in [-0.05, 0) is 24.8 Å². The molecule has 2 heteroatoms. The summed E-state index contributed by atoms with van der Waals surface area (Å²) in [5.74, 6) is 0.184. The number of hydrogen-bond donors (Lipinski definition) is 1. The molecule has 0 aromatic heterocycles. The number of benzene rings is 1. The monoisotopic (exact) mass is 207 g/mol. The topological polar surface area (TPSA) is 26.0 Å². The van der Waals surface area contributed by atoms with Crippen molar-refractivity contribution in [3.8, 4) is 0 Å². The second-order valence-electron chi connectivity index (χ2n) is 4.43. The Labute approximate surface area is 90.5 Å². The molecule has 1 aliphatic rings. The zero-order valence-corrected chi connectivity index (χ0v) is 8.95. The highest BCUT2D eigenvalue weighted by Gasteiger charge is 2.25. The second kappa shape index (κ2) is 4.65. The van der Waals surface area contributed by atoms with Gasteiger partial charge in [0.1, 0.15) is 6.17 Å². The zero-order valence-electron chi connectivity index (χ0n) is 8.95. The van der Waals surface area contributed by atoms with Gasteiger partial charge in [-0.3, -0.25) is 0 Å². The van der Waals surface area contributed by atoms with Gasteiger partial charge in [-0.2, -0.15) is 0 Å². The molecule has 1 saturated carbocycles. The summed E-state index contributed by atoms with van der Waals surface area (Å²) >= 11 is 0. The van der Waals surface area contributed by atoms with E-state index in [0.717, 1.165) is 25.7 Å². The highest BCUT2D eigenvalue weighted by Crippen LogP contribution is 2.38. The molecule has 15 heavy (non-hydrogen) atoms. The van der Waals surface area contributed by atoms with Crippen LogP contribution in [0.3, 0.4) is 0 Å². The number of anilines is 1. The van der Waals surface area contributed by atoms with Crippen molar-refractivity contribution in [2.24, 2.45) is 5.92 Å². The smallest absolute Gasteiger partial charge is 0.130 e.